The normalized spacial score (nSPS) is 21.7. The van der Waals surface area contributed by atoms with Crippen LogP contribution in [0.4, 0.5) is 5.69 Å². The van der Waals surface area contributed by atoms with Crippen LogP contribution in [0.25, 0.3) is 0 Å². The molecular formula is C20H16N2O7. The maximum absolute atomic E-state index is 13.2. The molecule has 0 unspecified atom stereocenters. The lowest BCUT2D eigenvalue weighted by Gasteiger charge is -2.16. The number of amides is 2. The van der Waals surface area contributed by atoms with Gasteiger partial charge >= 0.3 is 0 Å². The molecule has 1 fully saturated rings. The van der Waals surface area contributed by atoms with Crippen LogP contribution >= 0.6 is 0 Å². The zero-order chi connectivity index (χ0) is 20.1. The van der Waals surface area contributed by atoms with Crippen molar-refractivity contribution in [2.75, 3.05) is 25.9 Å². The third-order valence-corrected chi connectivity index (χ3v) is 5.11. The minimum Gasteiger partial charge on any atom is -0.497 e. The van der Waals surface area contributed by atoms with Crippen molar-refractivity contribution < 1.29 is 33.4 Å². The number of imide groups is 1. The molecule has 1 saturated heterocycles. The van der Waals surface area contributed by atoms with Crippen molar-refractivity contribution in [3.8, 4) is 23.0 Å². The number of nitrogens with zero attached hydrogens (tertiary/aromatic N) is 2. The van der Waals surface area contributed by atoms with Crippen molar-refractivity contribution in [2.24, 2.45) is 11.1 Å². The molecule has 9 heteroatoms. The second-order valence-corrected chi connectivity index (χ2v) is 6.60. The maximum atomic E-state index is 13.2. The second kappa shape index (κ2) is 6.40. The zero-order valence-corrected chi connectivity index (χ0v) is 15.6. The molecule has 2 atom stereocenters. The lowest BCUT2D eigenvalue weighted by atomic mass is 9.93. The summed E-state index contributed by atoms with van der Waals surface area (Å²) < 4.78 is 21.3. The van der Waals surface area contributed by atoms with Gasteiger partial charge in [-0.3, -0.25) is 9.59 Å². The van der Waals surface area contributed by atoms with Crippen LogP contribution in [-0.4, -0.2) is 44.6 Å². The lowest BCUT2D eigenvalue weighted by Crippen LogP contribution is -2.33. The van der Waals surface area contributed by atoms with E-state index in [1.165, 1.54) is 7.11 Å². The van der Waals surface area contributed by atoms with E-state index in [0.717, 1.165) is 4.90 Å². The SMILES string of the molecule is COc1ccc(C2=NO[C@H]3C(=O)N(c4ccc5c(c4)OCO5)C(=O)[C@H]23)c(OC)c1. The minimum absolute atomic E-state index is 0.100. The van der Waals surface area contributed by atoms with Gasteiger partial charge in [0.2, 0.25) is 18.8 Å². The molecule has 5 rings (SSSR count). The lowest BCUT2D eigenvalue weighted by molar-refractivity contribution is -0.126. The van der Waals surface area contributed by atoms with E-state index < -0.39 is 23.8 Å². The molecule has 0 radical (unpaired) electrons. The molecule has 3 heterocycles. The van der Waals surface area contributed by atoms with E-state index >= 15 is 0 Å². The highest BCUT2D eigenvalue weighted by Crippen LogP contribution is 2.41. The summed E-state index contributed by atoms with van der Waals surface area (Å²) in [5.41, 5.74) is 1.30. The van der Waals surface area contributed by atoms with Crippen molar-refractivity contribution in [3.05, 3.63) is 42.0 Å². The standard InChI is InChI=1S/C20H16N2O7/c1-25-11-4-5-12(14(8-11)26-2)17-16-18(29-21-17)20(24)22(19(16)23)10-3-6-13-15(7-10)28-9-27-13/h3-8,16,18H,9H2,1-2H3/t16-,18-/m1/s1. The molecule has 0 bridgehead atoms. The molecule has 3 aliphatic heterocycles. The van der Waals surface area contributed by atoms with E-state index in [0.29, 0.717) is 40.0 Å². The number of benzene rings is 2. The molecule has 2 aromatic rings. The van der Waals surface area contributed by atoms with Crippen LogP contribution in [-0.2, 0) is 14.4 Å². The predicted molar refractivity (Wildman–Crippen MR) is 99.5 cm³/mol. The molecule has 2 amide bonds. The Labute approximate surface area is 165 Å². The van der Waals surface area contributed by atoms with E-state index in [2.05, 4.69) is 5.16 Å². The number of oxime groups is 1. The van der Waals surface area contributed by atoms with Gasteiger partial charge in [-0.2, -0.15) is 0 Å². The largest absolute Gasteiger partial charge is 0.497 e. The van der Waals surface area contributed by atoms with Crippen LogP contribution in [0.5, 0.6) is 23.0 Å². The summed E-state index contributed by atoms with van der Waals surface area (Å²) in [6.07, 6.45) is -1.02. The zero-order valence-electron chi connectivity index (χ0n) is 15.6. The number of carbonyl (C=O) groups is 2. The van der Waals surface area contributed by atoms with Gasteiger partial charge in [-0.15, -0.1) is 0 Å². The van der Waals surface area contributed by atoms with Crippen LogP contribution in [0, 0.1) is 5.92 Å². The molecule has 0 aliphatic carbocycles. The van der Waals surface area contributed by atoms with E-state index in [4.69, 9.17) is 23.8 Å². The Morgan fingerprint density at radius 2 is 1.83 bits per heavy atom. The monoisotopic (exact) mass is 396 g/mol. The number of anilines is 1. The Kier molecular flexibility index (Phi) is 3.83. The van der Waals surface area contributed by atoms with Gasteiger partial charge in [0.05, 0.1) is 19.9 Å². The number of hydrogen-bond acceptors (Lipinski definition) is 8. The molecular weight excluding hydrogens is 380 g/mol. The van der Waals surface area contributed by atoms with Gasteiger partial charge in [-0.1, -0.05) is 5.16 Å². The molecule has 0 spiro atoms. The minimum atomic E-state index is -1.02. The van der Waals surface area contributed by atoms with E-state index in [1.807, 2.05) is 0 Å². The molecule has 0 saturated carbocycles. The molecule has 3 aliphatic rings. The summed E-state index contributed by atoms with van der Waals surface area (Å²) >= 11 is 0. The average molecular weight is 396 g/mol. The highest BCUT2D eigenvalue weighted by Gasteiger charge is 2.56. The van der Waals surface area contributed by atoms with E-state index in [1.54, 1.807) is 43.5 Å². The molecule has 148 valence electrons. The number of ether oxygens (including phenoxy) is 4. The first-order valence-electron chi connectivity index (χ1n) is 8.86. The third kappa shape index (κ3) is 2.50. The van der Waals surface area contributed by atoms with E-state index in [9.17, 15) is 9.59 Å². The Balaban J connectivity index is 1.51. The Morgan fingerprint density at radius 3 is 2.62 bits per heavy atom. The van der Waals surface area contributed by atoms with Crippen molar-refractivity contribution in [1.82, 2.24) is 0 Å². The number of methoxy groups -OCH3 is 2. The van der Waals surface area contributed by atoms with Crippen LogP contribution in [0.15, 0.2) is 41.6 Å². The first-order chi connectivity index (χ1) is 14.1. The van der Waals surface area contributed by atoms with Crippen LogP contribution < -0.4 is 23.8 Å². The molecule has 0 N–H and O–H groups in total. The summed E-state index contributed by atoms with van der Waals surface area (Å²) in [5.74, 6) is 0.334. The number of carbonyl (C=O) groups excluding carboxylic acids is 2. The topological polar surface area (TPSA) is 95.9 Å². The molecule has 2 aromatic carbocycles. The summed E-state index contributed by atoms with van der Waals surface area (Å²) in [6, 6.07) is 10.0. The maximum Gasteiger partial charge on any atom is 0.278 e. The summed E-state index contributed by atoms with van der Waals surface area (Å²) in [4.78, 5) is 32.6. The number of fused-ring (bicyclic) bond motifs is 2. The highest BCUT2D eigenvalue weighted by atomic mass is 16.7. The van der Waals surface area contributed by atoms with Gasteiger partial charge in [0.25, 0.3) is 5.91 Å². The average Bonchev–Trinajstić information content (AvgIpc) is 3.44. The quantitative estimate of drug-likeness (QED) is 0.726. The van der Waals surface area contributed by atoms with Gasteiger partial charge in [0.15, 0.2) is 11.5 Å². The Hall–Kier alpha value is -3.75. The van der Waals surface area contributed by atoms with Crippen LogP contribution in [0.1, 0.15) is 5.56 Å². The molecule has 29 heavy (non-hydrogen) atoms. The fourth-order valence-electron chi connectivity index (χ4n) is 3.69. The third-order valence-electron chi connectivity index (χ3n) is 5.11. The van der Waals surface area contributed by atoms with Crippen LogP contribution in [0.2, 0.25) is 0 Å². The van der Waals surface area contributed by atoms with Crippen molar-refractivity contribution in [3.63, 3.8) is 0 Å². The Morgan fingerprint density at radius 1 is 1.00 bits per heavy atom. The van der Waals surface area contributed by atoms with Crippen molar-refractivity contribution in [1.29, 1.82) is 0 Å². The van der Waals surface area contributed by atoms with Gasteiger partial charge in [-0.05, 0) is 24.3 Å². The summed E-state index contributed by atoms with van der Waals surface area (Å²) in [7, 11) is 3.05. The number of hydrogen-bond donors (Lipinski definition) is 0. The Bertz CT molecular complexity index is 1060. The molecule has 9 nitrogen and oxygen atoms in total. The fourth-order valence-corrected chi connectivity index (χ4v) is 3.69. The van der Waals surface area contributed by atoms with Crippen LogP contribution in [0.3, 0.4) is 0 Å². The summed E-state index contributed by atoms with van der Waals surface area (Å²) in [6.45, 7) is 0.100. The van der Waals surface area contributed by atoms with Crippen molar-refractivity contribution in [2.45, 2.75) is 6.10 Å². The smallest absolute Gasteiger partial charge is 0.278 e. The van der Waals surface area contributed by atoms with Gasteiger partial charge in [0, 0.05) is 17.7 Å². The van der Waals surface area contributed by atoms with Gasteiger partial charge in [-0.25, -0.2) is 4.90 Å². The van der Waals surface area contributed by atoms with Crippen molar-refractivity contribution >= 4 is 23.2 Å². The van der Waals surface area contributed by atoms with E-state index in [-0.39, 0.29) is 6.79 Å². The second-order valence-electron chi connectivity index (χ2n) is 6.60. The summed E-state index contributed by atoms with van der Waals surface area (Å²) in [5, 5.41) is 4.02. The highest BCUT2D eigenvalue weighted by molar-refractivity contribution is 6.32. The first-order valence-corrected chi connectivity index (χ1v) is 8.86. The first kappa shape index (κ1) is 17.4. The van der Waals surface area contributed by atoms with Gasteiger partial charge < -0.3 is 23.8 Å². The number of rotatable bonds is 4. The molecule has 0 aromatic heterocycles. The predicted octanol–water partition coefficient (Wildman–Crippen LogP) is 1.72. The van der Waals surface area contributed by atoms with Gasteiger partial charge in [0.1, 0.15) is 23.1 Å². The fraction of sp³-hybridized carbons (Fsp3) is 0.250.